The van der Waals surface area contributed by atoms with Gasteiger partial charge in [-0.3, -0.25) is 4.79 Å². The van der Waals surface area contributed by atoms with E-state index >= 15 is 0 Å². The van der Waals surface area contributed by atoms with Crippen LogP contribution in [0.4, 0.5) is 0 Å². The summed E-state index contributed by atoms with van der Waals surface area (Å²) in [5.74, 6) is 0.391. The van der Waals surface area contributed by atoms with Gasteiger partial charge in [0.25, 0.3) is 5.91 Å². The van der Waals surface area contributed by atoms with E-state index in [-0.39, 0.29) is 5.91 Å². The van der Waals surface area contributed by atoms with Gasteiger partial charge in [-0.1, -0.05) is 15.9 Å². The van der Waals surface area contributed by atoms with E-state index < -0.39 is 0 Å². The lowest BCUT2D eigenvalue weighted by Gasteiger charge is -2.22. The van der Waals surface area contributed by atoms with Crippen molar-refractivity contribution < 1.29 is 9.53 Å². The average molecular weight is 377 g/mol. The second kappa shape index (κ2) is 6.68. The van der Waals surface area contributed by atoms with Crippen molar-refractivity contribution in [2.24, 2.45) is 5.92 Å². The standard InChI is InChI=1S/C13H15Br2NO2/c14-10-3-4-12(15)11(6-10)13(17)16-7-9-2-1-5-18-8-9/h3-4,6,9H,1-2,5,7-8H2,(H,16,17). The van der Waals surface area contributed by atoms with Crippen molar-refractivity contribution in [3.05, 3.63) is 32.7 Å². The molecule has 0 aromatic heterocycles. The number of amides is 1. The molecule has 0 spiro atoms. The van der Waals surface area contributed by atoms with E-state index in [1.807, 2.05) is 18.2 Å². The van der Waals surface area contributed by atoms with Crippen molar-refractivity contribution in [2.75, 3.05) is 19.8 Å². The minimum atomic E-state index is -0.0475. The lowest BCUT2D eigenvalue weighted by molar-refractivity contribution is 0.0536. The molecule has 1 saturated heterocycles. The molecule has 1 fully saturated rings. The maximum absolute atomic E-state index is 12.1. The van der Waals surface area contributed by atoms with Crippen LogP contribution >= 0.6 is 31.9 Å². The summed E-state index contributed by atoms with van der Waals surface area (Å²) < 4.78 is 7.10. The summed E-state index contributed by atoms with van der Waals surface area (Å²) in [6, 6.07) is 5.58. The maximum atomic E-state index is 12.1. The van der Waals surface area contributed by atoms with Gasteiger partial charge in [0.05, 0.1) is 12.2 Å². The fourth-order valence-electron chi connectivity index (χ4n) is 1.97. The molecule has 5 heteroatoms. The third-order valence-electron chi connectivity index (χ3n) is 2.98. The molecule has 0 saturated carbocycles. The summed E-state index contributed by atoms with van der Waals surface area (Å²) in [6.07, 6.45) is 2.21. The molecule has 0 bridgehead atoms. The highest BCUT2D eigenvalue weighted by Crippen LogP contribution is 2.21. The van der Waals surface area contributed by atoms with Crippen LogP contribution in [0.3, 0.4) is 0 Å². The lowest BCUT2D eigenvalue weighted by atomic mass is 10.0. The Hall–Kier alpha value is -0.390. The van der Waals surface area contributed by atoms with Crippen molar-refractivity contribution >= 4 is 37.8 Å². The van der Waals surface area contributed by atoms with Gasteiger partial charge >= 0.3 is 0 Å². The van der Waals surface area contributed by atoms with E-state index in [9.17, 15) is 4.79 Å². The van der Waals surface area contributed by atoms with E-state index in [1.54, 1.807) is 0 Å². The fraction of sp³-hybridized carbons (Fsp3) is 0.462. The minimum absolute atomic E-state index is 0.0475. The molecule has 1 aliphatic rings. The molecule has 98 valence electrons. The van der Waals surface area contributed by atoms with Gasteiger partial charge in [-0.15, -0.1) is 0 Å². The van der Waals surface area contributed by atoms with Gasteiger partial charge < -0.3 is 10.1 Å². The number of hydrogen-bond acceptors (Lipinski definition) is 2. The summed E-state index contributed by atoms with van der Waals surface area (Å²) in [6.45, 7) is 2.28. The molecule has 1 atom stereocenters. The predicted molar refractivity (Wildman–Crippen MR) is 77.7 cm³/mol. The van der Waals surface area contributed by atoms with E-state index in [0.717, 1.165) is 35.0 Å². The number of nitrogens with one attached hydrogen (secondary N) is 1. The molecular weight excluding hydrogens is 362 g/mol. The lowest BCUT2D eigenvalue weighted by Crippen LogP contribution is -2.33. The van der Waals surface area contributed by atoms with Crippen LogP contribution in [0, 0.1) is 5.92 Å². The Bertz CT molecular complexity index is 431. The molecule has 1 aliphatic heterocycles. The van der Waals surface area contributed by atoms with Crippen molar-refractivity contribution in [3.8, 4) is 0 Å². The molecule has 3 nitrogen and oxygen atoms in total. The molecule has 0 radical (unpaired) electrons. The molecule has 18 heavy (non-hydrogen) atoms. The van der Waals surface area contributed by atoms with Crippen LogP contribution in [0.15, 0.2) is 27.1 Å². The van der Waals surface area contributed by atoms with E-state index in [1.165, 1.54) is 0 Å². The predicted octanol–water partition coefficient (Wildman–Crippen LogP) is 3.37. The third kappa shape index (κ3) is 3.80. The fourth-order valence-corrected chi connectivity index (χ4v) is 2.76. The van der Waals surface area contributed by atoms with E-state index in [2.05, 4.69) is 37.2 Å². The molecular formula is C13H15Br2NO2. The molecule has 1 aromatic rings. The highest BCUT2D eigenvalue weighted by molar-refractivity contribution is 9.11. The SMILES string of the molecule is O=C(NCC1CCCOC1)c1cc(Br)ccc1Br. The molecule has 1 unspecified atom stereocenters. The molecule has 2 rings (SSSR count). The number of halogens is 2. The van der Waals surface area contributed by atoms with Gasteiger partial charge in [-0.25, -0.2) is 0 Å². The molecule has 1 N–H and O–H groups in total. The Morgan fingerprint density at radius 2 is 2.28 bits per heavy atom. The second-order valence-electron chi connectivity index (χ2n) is 4.42. The first-order valence-corrected chi connectivity index (χ1v) is 7.56. The first kappa shape index (κ1) is 14.0. The number of rotatable bonds is 3. The number of ether oxygens (including phenoxy) is 1. The highest BCUT2D eigenvalue weighted by atomic mass is 79.9. The first-order valence-electron chi connectivity index (χ1n) is 5.98. The number of carbonyl (C=O) groups excluding carboxylic acids is 1. The molecule has 0 aliphatic carbocycles. The van der Waals surface area contributed by atoms with Crippen molar-refractivity contribution in [1.29, 1.82) is 0 Å². The zero-order valence-electron chi connectivity index (χ0n) is 9.92. The van der Waals surface area contributed by atoms with Crippen molar-refractivity contribution in [3.63, 3.8) is 0 Å². The highest BCUT2D eigenvalue weighted by Gasteiger charge is 2.16. The normalized spacial score (nSPS) is 19.6. The topological polar surface area (TPSA) is 38.3 Å². The largest absolute Gasteiger partial charge is 0.381 e. The van der Waals surface area contributed by atoms with Crippen LogP contribution in [-0.4, -0.2) is 25.7 Å². The van der Waals surface area contributed by atoms with Crippen molar-refractivity contribution in [2.45, 2.75) is 12.8 Å². The van der Waals surface area contributed by atoms with Gasteiger partial charge in [0.1, 0.15) is 0 Å². The Labute approximate surface area is 124 Å². The summed E-state index contributed by atoms with van der Waals surface area (Å²) >= 11 is 6.76. The number of carbonyl (C=O) groups is 1. The number of benzene rings is 1. The van der Waals surface area contributed by atoms with Gasteiger partial charge in [0, 0.05) is 22.1 Å². The van der Waals surface area contributed by atoms with Crippen LogP contribution in [0.25, 0.3) is 0 Å². The molecule has 1 amide bonds. The third-order valence-corrected chi connectivity index (χ3v) is 4.16. The summed E-state index contributed by atoms with van der Waals surface area (Å²) in [4.78, 5) is 12.1. The van der Waals surface area contributed by atoms with Gasteiger partial charge in [-0.2, -0.15) is 0 Å². The van der Waals surface area contributed by atoms with Crippen LogP contribution in [0.5, 0.6) is 0 Å². The molecule has 1 aromatic carbocycles. The Morgan fingerprint density at radius 1 is 1.44 bits per heavy atom. The van der Waals surface area contributed by atoms with Crippen LogP contribution in [0.1, 0.15) is 23.2 Å². The summed E-state index contributed by atoms with van der Waals surface area (Å²) in [5, 5.41) is 2.97. The summed E-state index contributed by atoms with van der Waals surface area (Å²) in [5.41, 5.74) is 0.654. The minimum Gasteiger partial charge on any atom is -0.381 e. The summed E-state index contributed by atoms with van der Waals surface area (Å²) in [7, 11) is 0. The number of hydrogen-bond donors (Lipinski definition) is 1. The zero-order chi connectivity index (χ0) is 13.0. The van der Waals surface area contributed by atoms with Gasteiger partial charge in [-0.05, 0) is 52.9 Å². The van der Waals surface area contributed by atoms with E-state index in [0.29, 0.717) is 18.0 Å². The smallest absolute Gasteiger partial charge is 0.252 e. The Morgan fingerprint density at radius 3 is 3.00 bits per heavy atom. The van der Waals surface area contributed by atoms with E-state index in [4.69, 9.17) is 4.74 Å². The van der Waals surface area contributed by atoms with Crippen LogP contribution in [0.2, 0.25) is 0 Å². The quantitative estimate of drug-likeness (QED) is 0.878. The zero-order valence-corrected chi connectivity index (χ0v) is 13.1. The van der Waals surface area contributed by atoms with Crippen molar-refractivity contribution in [1.82, 2.24) is 5.32 Å². The Kier molecular flexibility index (Phi) is 5.21. The maximum Gasteiger partial charge on any atom is 0.252 e. The van der Waals surface area contributed by atoms with Gasteiger partial charge in [0.15, 0.2) is 0 Å². The van der Waals surface area contributed by atoms with Gasteiger partial charge in [0.2, 0.25) is 0 Å². The monoisotopic (exact) mass is 375 g/mol. The second-order valence-corrected chi connectivity index (χ2v) is 6.19. The van der Waals surface area contributed by atoms with Crippen LogP contribution < -0.4 is 5.32 Å². The average Bonchev–Trinajstić information content (AvgIpc) is 2.40. The van der Waals surface area contributed by atoms with Crippen LogP contribution in [-0.2, 0) is 4.74 Å². The molecule has 1 heterocycles. The Balaban J connectivity index is 1.92. The first-order chi connectivity index (χ1) is 8.66.